The van der Waals surface area contributed by atoms with Crippen LogP contribution in [0.2, 0.25) is 0 Å². The van der Waals surface area contributed by atoms with E-state index in [1.165, 1.54) is 5.56 Å². The quantitative estimate of drug-likeness (QED) is 0.791. The highest BCUT2D eigenvalue weighted by Crippen LogP contribution is 2.27. The summed E-state index contributed by atoms with van der Waals surface area (Å²) >= 11 is 0. The topological polar surface area (TPSA) is 35.5 Å². The number of hydrogen-bond acceptors (Lipinski definition) is 3. The van der Waals surface area contributed by atoms with Crippen molar-refractivity contribution in [3.63, 3.8) is 0 Å². The van der Waals surface area contributed by atoms with Gasteiger partial charge in [0.1, 0.15) is 0 Å². The van der Waals surface area contributed by atoms with Crippen LogP contribution in [-0.4, -0.2) is 42.8 Å². The molecule has 1 aromatic carbocycles. The Morgan fingerprint density at radius 1 is 1.25 bits per heavy atom. The van der Waals surface area contributed by atoms with Gasteiger partial charge >= 0.3 is 0 Å². The van der Waals surface area contributed by atoms with Crippen LogP contribution < -0.4 is 5.32 Å². The van der Waals surface area contributed by atoms with Gasteiger partial charge in [-0.1, -0.05) is 30.3 Å². The Hall–Kier alpha value is -0.900. The maximum Gasteiger partial charge on any atom is 0.0666 e. The first-order valence-corrected chi connectivity index (χ1v) is 5.89. The zero-order chi connectivity index (χ0) is 11.4. The molecule has 1 unspecified atom stereocenters. The first-order valence-electron chi connectivity index (χ1n) is 5.89. The molecule has 1 aliphatic rings. The van der Waals surface area contributed by atoms with Crippen molar-refractivity contribution in [3.8, 4) is 0 Å². The van der Waals surface area contributed by atoms with Gasteiger partial charge in [0.2, 0.25) is 0 Å². The van der Waals surface area contributed by atoms with E-state index in [-0.39, 0.29) is 12.1 Å². The van der Waals surface area contributed by atoms with Gasteiger partial charge in [-0.2, -0.15) is 0 Å². The molecule has 1 fully saturated rings. The summed E-state index contributed by atoms with van der Waals surface area (Å²) in [6.07, 6.45) is 0. The maximum atomic E-state index is 9.73. The van der Waals surface area contributed by atoms with Crippen LogP contribution in [0.15, 0.2) is 30.3 Å². The SMILES string of the molecule is CC(CO)(c1ccccc1)N1CCNCC1. The second-order valence-corrected chi connectivity index (χ2v) is 4.54. The fraction of sp³-hybridized carbons (Fsp3) is 0.538. The summed E-state index contributed by atoms with van der Waals surface area (Å²) < 4.78 is 0. The molecule has 0 bridgehead atoms. The van der Waals surface area contributed by atoms with E-state index in [1.54, 1.807) is 0 Å². The lowest BCUT2D eigenvalue weighted by molar-refractivity contribution is 0.0311. The molecule has 0 aliphatic carbocycles. The zero-order valence-corrected chi connectivity index (χ0v) is 9.82. The van der Waals surface area contributed by atoms with Gasteiger partial charge in [-0.15, -0.1) is 0 Å². The average molecular weight is 220 g/mol. The van der Waals surface area contributed by atoms with E-state index < -0.39 is 0 Å². The number of nitrogens with zero attached hydrogens (tertiary/aromatic N) is 1. The van der Waals surface area contributed by atoms with Crippen LogP contribution in [0.25, 0.3) is 0 Å². The standard InChI is InChI=1S/C13H20N2O/c1-13(11-16,12-5-3-2-4-6-12)15-9-7-14-8-10-15/h2-6,14,16H,7-11H2,1H3. The number of benzene rings is 1. The molecule has 88 valence electrons. The molecule has 0 saturated carbocycles. The van der Waals surface area contributed by atoms with Crippen molar-refractivity contribution < 1.29 is 5.11 Å². The van der Waals surface area contributed by atoms with Crippen LogP contribution in [0.5, 0.6) is 0 Å². The van der Waals surface area contributed by atoms with Crippen molar-refractivity contribution in [2.75, 3.05) is 32.8 Å². The predicted octanol–water partition coefficient (Wildman–Crippen LogP) is 0.799. The number of aliphatic hydroxyl groups excluding tert-OH is 1. The smallest absolute Gasteiger partial charge is 0.0666 e. The molecule has 0 spiro atoms. The highest BCUT2D eigenvalue weighted by molar-refractivity contribution is 5.24. The van der Waals surface area contributed by atoms with E-state index in [4.69, 9.17) is 0 Å². The van der Waals surface area contributed by atoms with E-state index in [0.717, 1.165) is 26.2 Å². The first-order chi connectivity index (χ1) is 7.77. The fourth-order valence-electron chi connectivity index (χ4n) is 2.33. The Kier molecular flexibility index (Phi) is 3.59. The summed E-state index contributed by atoms with van der Waals surface area (Å²) in [6, 6.07) is 10.3. The molecule has 0 radical (unpaired) electrons. The largest absolute Gasteiger partial charge is 0.394 e. The minimum absolute atomic E-state index is 0.164. The van der Waals surface area contributed by atoms with Gasteiger partial charge in [-0.3, -0.25) is 4.90 Å². The highest BCUT2D eigenvalue weighted by Gasteiger charge is 2.33. The molecule has 0 amide bonds. The molecule has 0 aromatic heterocycles. The Labute approximate surface area is 97.1 Å². The first kappa shape index (κ1) is 11.6. The molecule has 2 rings (SSSR count). The summed E-state index contributed by atoms with van der Waals surface area (Å²) in [6.45, 7) is 6.27. The lowest BCUT2D eigenvalue weighted by Gasteiger charge is -2.42. The van der Waals surface area contributed by atoms with E-state index in [0.29, 0.717) is 0 Å². The lowest BCUT2D eigenvalue weighted by Crippen LogP contribution is -2.54. The average Bonchev–Trinajstić information content (AvgIpc) is 2.40. The number of piperazine rings is 1. The number of hydrogen-bond donors (Lipinski definition) is 2. The van der Waals surface area contributed by atoms with E-state index in [9.17, 15) is 5.11 Å². The Balaban J connectivity index is 2.24. The van der Waals surface area contributed by atoms with Crippen LogP contribution in [-0.2, 0) is 5.54 Å². The van der Waals surface area contributed by atoms with Crippen molar-refractivity contribution in [1.29, 1.82) is 0 Å². The third-order valence-electron chi connectivity index (χ3n) is 3.52. The normalized spacial score (nSPS) is 21.6. The van der Waals surface area contributed by atoms with Crippen molar-refractivity contribution in [1.82, 2.24) is 10.2 Å². The summed E-state index contributed by atoms with van der Waals surface area (Å²) in [5, 5.41) is 13.1. The van der Waals surface area contributed by atoms with Gasteiger partial charge < -0.3 is 10.4 Å². The summed E-state index contributed by atoms with van der Waals surface area (Å²) in [5.41, 5.74) is 0.947. The Morgan fingerprint density at radius 2 is 1.88 bits per heavy atom. The molecular formula is C13H20N2O. The molecule has 1 atom stereocenters. The van der Waals surface area contributed by atoms with Crippen LogP contribution >= 0.6 is 0 Å². The van der Waals surface area contributed by atoms with Crippen LogP contribution in [0.3, 0.4) is 0 Å². The van der Waals surface area contributed by atoms with Crippen molar-refractivity contribution in [3.05, 3.63) is 35.9 Å². The van der Waals surface area contributed by atoms with Crippen molar-refractivity contribution in [2.45, 2.75) is 12.5 Å². The lowest BCUT2D eigenvalue weighted by atomic mass is 9.90. The monoisotopic (exact) mass is 220 g/mol. The molecule has 1 aliphatic heterocycles. The van der Waals surface area contributed by atoms with E-state index in [1.807, 2.05) is 18.2 Å². The van der Waals surface area contributed by atoms with Gasteiger partial charge in [-0.25, -0.2) is 0 Å². The second-order valence-electron chi connectivity index (χ2n) is 4.54. The molecule has 1 heterocycles. The number of aliphatic hydroxyl groups is 1. The number of rotatable bonds is 3. The zero-order valence-electron chi connectivity index (χ0n) is 9.82. The minimum atomic E-state index is -0.247. The van der Waals surface area contributed by atoms with E-state index >= 15 is 0 Å². The predicted molar refractivity (Wildman–Crippen MR) is 65.3 cm³/mol. The third kappa shape index (κ3) is 2.12. The Bertz CT molecular complexity index is 322. The van der Waals surface area contributed by atoms with Crippen molar-refractivity contribution >= 4 is 0 Å². The summed E-state index contributed by atoms with van der Waals surface area (Å²) in [7, 11) is 0. The molecule has 16 heavy (non-hydrogen) atoms. The second kappa shape index (κ2) is 4.95. The van der Waals surface area contributed by atoms with Gasteiger partial charge in [0.25, 0.3) is 0 Å². The molecule has 1 aromatic rings. The van der Waals surface area contributed by atoms with Crippen LogP contribution in [0.4, 0.5) is 0 Å². The minimum Gasteiger partial charge on any atom is -0.394 e. The van der Waals surface area contributed by atoms with Gasteiger partial charge in [0.15, 0.2) is 0 Å². The molecule has 2 N–H and O–H groups in total. The van der Waals surface area contributed by atoms with Crippen LogP contribution in [0, 0.1) is 0 Å². The highest BCUT2D eigenvalue weighted by atomic mass is 16.3. The van der Waals surface area contributed by atoms with E-state index in [2.05, 4.69) is 29.3 Å². The van der Waals surface area contributed by atoms with Gasteiger partial charge in [-0.05, 0) is 12.5 Å². The molecule has 3 heteroatoms. The van der Waals surface area contributed by atoms with Gasteiger partial charge in [0, 0.05) is 26.2 Å². The van der Waals surface area contributed by atoms with Gasteiger partial charge in [0.05, 0.1) is 12.1 Å². The Morgan fingerprint density at radius 3 is 2.44 bits per heavy atom. The summed E-state index contributed by atoms with van der Waals surface area (Å²) in [5.74, 6) is 0. The fourth-order valence-corrected chi connectivity index (χ4v) is 2.33. The van der Waals surface area contributed by atoms with Crippen LogP contribution in [0.1, 0.15) is 12.5 Å². The molecule has 3 nitrogen and oxygen atoms in total. The molecular weight excluding hydrogens is 200 g/mol. The van der Waals surface area contributed by atoms with Crippen molar-refractivity contribution in [2.24, 2.45) is 0 Å². The molecule has 1 saturated heterocycles. The number of nitrogens with one attached hydrogen (secondary N) is 1. The maximum absolute atomic E-state index is 9.73. The summed E-state index contributed by atoms with van der Waals surface area (Å²) in [4.78, 5) is 2.36. The third-order valence-corrected chi connectivity index (χ3v) is 3.52.